The lowest BCUT2D eigenvalue weighted by Crippen LogP contribution is -2.39. The van der Waals surface area contributed by atoms with Gasteiger partial charge in [-0.1, -0.05) is 18.2 Å². The Morgan fingerprint density at radius 2 is 1.53 bits per heavy atom. The standard InChI is InChI=1S/C40H50F3N5O7/c1-50-32-12-11-29(25-33(32)51-2)39(14-18-47(26-39)37(49)28-23-34(52-3)36(54-5)35(24-28)53-4)13-17-45-15-8-16-46(20-19-45)38-44-30-9-6-7-10-31(30)48(38)21-22-55-27-40(41,42)43/h6-7,9-12,23-25H,8,13-22,26-27H2,1-5H3. The molecule has 0 saturated carbocycles. The number of ether oxygens (including phenoxy) is 6. The van der Waals surface area contributed by atoms with Gasteiger partial charge in [0.15, 0.2) is 23.0 Å². The first kappa shape index (κ1) is 39.8. The van der Waals surface area contributed by atoms with E-state index in [0.717, 1.165) is 68.0 Å². The van der Waals surface area contributed by atoms with E-state index in [9.17, 15) is 18.0 Å². The Labute approximate surface area is 319 Å². The molecule has 1 atom stereocenters. The number of carbonyl (C=O) groups excluding carboxylic acids is 1. The van der Waals surface area contributed by atoms with E-state index >= 15 is 0 Å². The van der Waals surface area contributed by atoms with Gasteiger partial charge in [-0.3, -0.25) is 4.79 Å². The molecular formula is C40H50F3N5O7. The molecule has 12 nitrogen and oxygen atoms in total. The molecule has 1 unspecified atom stereocenters. The molecule has 55 heavy (non-hydrogen) atoms. The zero-order valence-corrected chi connectivity index (χ0v) is 32.1. The van der Waals surface area contributed by atoms with Crippen molar-refractivity contribution in [3.05, 3.63) is 65.7 Å². The molecule has 0 aliphatic carbocycles. The van der Waals surface area contributed by atoms with Gasteiger partial charge in [0.1, 0.15) is 6.61 Å². The van der Waals surface area contributed by atoms with Crippen LogP contribution < -0.4 is 28.6 Å². The van der Waals surface area contributed by atoms with Crippen molar-refractivity contribution in [2.75, 3.05) is 99.5 Å². The molecule has 2 aliphatic heterocycles. The fourth-order valence-electron chi connectivity index (χ4n) is 7.82. The van der Waals surface area contributed by atoms with E-state index in [-0.39, 0.29) is 24.5 Å². The van der Waals surface area contributed by atoms with Gasteiger partial charge in [-0.2, -0.15) is 13.2 Å². The number of para-hydroxylation sites is 2. The Bertz CT molecular complexity index is 1910. The number of hydrogen-bond acceptors (Lipinski definition) is 10. The second-order valence-corrected chi connectivity index (χ2v) is 13.9. The van der Waals surface area contributed by atoms with Crippen LogP contribution in [0.25, 0.3) is 11.0 Å². The highest BCUT2D eigenvalue weighted by Crippen LogP contribution is 2.43. The van der Waals surface area contributed by atoms with Crippen LogP contribution >= 0.6 is 0 Å². The largest absolute Gasteiger partial charge is 0.493 e. The number of benzene rings is 3. The number of hydrogen-bond donors (Lipinski definition) is 0. The molecule has 298 valence electrons. The first-order valence-electron chi connectivity index (χ1n) is 18.4. The van der Waals surface area contributed by atoms with Crippen LogP contribution in [-0.4, -0.2) is 126 Å². The normalized spacial score (nSPS) is 18.0. The highest BCUT2D eigenvalue weighted by molar-refractivity contribution is 5.96. The van der Waals surface area contributed by atoms with Gasteiger partial charge < -0.3 is 47.7 Å². The van der Waals surface area contributed by atoms with E-state index in [4.69, 9.17) is 33.4 Å². The van der Waals surface area contributed by atoms with E-state index < -0.39 is 12.8 Å². The Morgan fingerprint density at radius 1 is 0.800 bits per heavy atom. The van der Waals surface area contributed by atoms with Gasteiger partial charge in [-0.05, 0) is 74.3 Å². The predicted octanol–water partition coefficient (Wildman–Crippen LogP) is 6.04. The monoisotopic (exact) mass is 769 g/mol. The zero-order chi connectivity index (χ0) is 39.2. The fourth-order valence-corrected chi connectivity index (χ4v) is 7.82. The molecule has 0 spiro atoms. The van der Waals surface area contributed by atoms with Crippen LogP contribution in [0.5, 0.6) is 28.7 Å². The third kappa shape index (κ3) is 8.83. The van der Waals surface area contributed by atoms with Gasteiger partial charge in [0.25, 0.3) is 5.91 Å². The molecule has 1 amide bonds. The van der Waals surface area contributed by atoms with Crippen molar-refractivity contribution < 1.29 is 46.4 Å². The molecule has 6 rings (SSSR count). The molecule has 2 fully saturated rings. The van der Waals surface area contributed by atoms with E-state index in [0.29, 0.717) is 53.9 Å². The van der Waals surface area contributed by atoms with E-state index in [1.54, 1.807) is 26.4 Å². The maximum Gasteiger partial charge on any atom is 0.411 e. The highest BCUT2D eigenvalue weighted by atomic mass is 19.4. The molecule has 4 aromatic rings. The Morgan fingerprint density at radius 3 is 2.22 bits per heavy atom. The maximum atomic E-state index is 14.1. The maximum absolute atomic E-state index is 14.1. The Kier molecular flexibility index (Phi) is 12.5. The lowest BCUT2D eigenvalue weighted by atomic mass is 9.76. The molecule has 15 heteroatoms. The lowest BCUT2D eigenvalue weighted by Gasteiger charge is -2.33. The number of aromatic nitrogens is 2. The topological polar surface area (TPSA) is 100.0 Å². The van der Waals surface area contributed by atoms with Crippen molar-refractivity contribution in [2.24, 2.45) is 0 Å². The van der Waals surface area contributed by atoms with E-state index in [2.05, 4.69) is 15.9 Å². The average molecular weight is 770 g/mol. The van der Waals surface area contributed by atoms with Crippen molar-refractivity contribution in [1.82, 2.24) is 19.4 Å². The Hall–Kier alpha value is -4.89. The van der Waals surface area contributed by atoms with E-state index in [1.165, 1.54) is 21.3 Å². The van der Waals surface area contributed by atoms with Crippen LogP contribution in [0, 0.1) is 0 Å². The third-order valence-electron chi connectivity index (χ3n) is 10.7. The molecule has 1 aromatic heterocycles. The number of methoxy groups -OCH3 is 5. The summed E-state index contributed by atoms with van der Waals surface area (Å²) in [5.41, 5.74) is 2.80. The minimum atomic E-state index is -4.38. The SMILES string of the molecule is COc1ccc(C2(CCN3CCCN(c4nc5ccccc5n4CCOCC(F)(F)F)CC3)CCN(C(=O)c3cc(OC)c(OC)c(OC)c3)C2)cc1OC. The Balaban J connectivity index is 1.20. The number of anilines is 1. The molecule has 0 bridgehead atoms. The van der Waals surface area contributed by atoms with Crippen LogP contribution in [0.2, 0.25) is 0 Å². The van der Waals surface area contributed by atoms with Crippen LogP contribution in [-0.2, 0) is 16.7 Å². The first-order valence-corrected chi connectivity index (χ1v) is 18.4. The minimum Gasteiger partial charge on any atom is -0.493 e. The summed E-state index contributed by atoms with van der Waals surface area (Å²) < 4.78 is 73.1. The smallest absolute Gasteiger partial charge is 0.411 e. The van der Waals surface area contributed by atoms with Crippen molar-refractivity contribution in [1.29, 1.82) is 0 Å². The van der Waals surface area contributed by atoms with Gasteiger partial charge in [-0.25, -0.2) is 4.98 Å². The summed E-state index contributed by atoms with van der Waals surface area (Å²) in [6.07, 6.45) is -1.96. The lowest BCUT2D eigenvalue weighted by molar-refractivity contribution is -0.174. The van der Waals surface area contributed by atoms with Crippen molar-refractivity contribution in [3.63, 3.8) is 0 Å². The summed E-state index contributed by atoms with van der Waals surface area (Å²) in [6.45, 7) is 3.81. The number of alkyl halides is 3. The summed E-state index contributed by atoms with van der Waals surface area (Å²) in [6, 6.07) is 17.1. The molecule has 0 N–H and O–H groups in total. The predicted molar refractivity (Wildman–Crippen MR) is 202 cm³/mol. The van der Waals surface area contributed by atoms with Gasteiger partial charge in [0.2, 0.25) is 11.7 Å². The highest BCUT2D eigenvalue weighted by Gasteiger charge is 2.42. The number of halogens is 3. The van der Waals surface area contributed by atoms with Crippen molar-refractivity contribution in [2.45, 2.75) is 37.4 Å². The molecular weight excluding hydrogens is 719 g/mol. The fraction of sp³-hybridized carbons (Fsp3) is 0.500. The van der Waals surface area contributed by atoms with Gasteiger partial charge in [-0.15, -0.1) is 0 Å². The number of fused-ring (bicyclic) bond motifs is 1. The van der Waals surface area contributed by atoms with Gasteiger partial charge >= 0.3 is 6.18 Å². The second-order valence-electron chi connectivity index (χ2n) is 13.9. The first-order chi connectivity index (χ1) is 26.5. The quantitative estimate of drug-likeness (QED) is 0.133. The van der Waals surface area contributed by atoms with Crippen LogP contribution in [0.4, 0.5) is 19.1 Å². The molecule has 2 saturated heterocycles. The van der Waals surface area contributed by atoms with Gasteiger partial charge in [0.05, 0.1) is 53.2 Å². The zero-order valence-electron chi connectivity index (χ0n) is 32.1. The van der Waals surface area contributed by atoms with Crippen LogP contribution in [0.15, 0.2) is 54.6 Å². The summed E-state index contributed by atoms with van der Waals surface area (Å²) in [5, 5.41) is 0. The van der Waals surface area contributed by atoms with Crippen LogP contribution in [0.3, 0.4) is 0 Å². The number of nitrogens with zero attached hydrogens (tertiary/aromatic N) is 5. The van der Waals surface area contributed by atoms with Crippen molar-refractivity contribution >= 4 is 22.9 Å². The summed E-state index contributed by atoms with van der Waals surface area (Å²) in [4.78, 5) is 25.6. The van der Waals surface area contributed by atoms with Crippen LogP contribution in [0.1, 0.15) is 35.2 Å². The number of carbonyl (C=O) groups is 1. The van der Waals surface area contributed by atoms with E-state index in [1.807, 2.05) is 45.9 Å². The number of likely N-dealkylation sites (tertiary alicyclic amines) is 1. The molecule has 3 aromatic carbocycles. The number of rotatable bonds is 15. The minimum absolute atomic E-state index is 0.0792. The summed E-state index contributed by atoms with van der Waals surface area (Å²) in [7, 11) is 7.82. The molecule has 3 heterocycles. The summed E-state index contributed by atoms with van der Waals surface area (Å²) in [5.74, 6) is 3.12. The molecule has 0 radical (unpaired) electrons. The number of imidazole rings is 1. The second kappa shape index (κ2) is 17.3. The van der Waals surface area contributed by atoms with Crippen molar-refractivity contribution in [3.8, 4) is 28.7 Å². The molecule has 2 aliphatic rings. The van der Waals surface area contributed by atoms with Gasteiger partial charge in [0, 0.05) is 50.2 Å². The summed E-state index contributed by atoms with van der Waals surface area (Å²) >= 11 is 0. The number of amides is 1. The third-order valence-corrected chi connectivity index (χ3v) is 10.7. The average Bonchev–Trinajstić information content (AvgIpc) is 3.72.